The van der Waals surface area contributed by atoms with Gasteiger partial charge in [0.1, 0.15) is 0 Å². The number of nitrogens with zero attached hydrogens (tertiary/aromatic N) is 1. The number of aromatic nitrogens is 1. The van der Waals surface area contributed by atoms with Gasteiger partial charge >= 0.3 is 0 Å². The lowest BCUT2D eigenvalue weighted by atomic mass is 9.94. The Balaban J connectivity index is 2.28. The third kappa shape index (κ3) is 3.81. The average molecular weight is 376 g/mol. The van der Waals surface area contributed by atoms with E-state index in [-0.39, 0.29) is 5.56 Å². The van der Waals surface area contributed by atoms with E-state index in [1.54, 1.807) is 10.6 Å². The minimum atomic E-state index is -0.0782. The molecule has 0 atom stereocenters. The van der Waals surface area contributed by atoms with Gasteiger partial charge in [0.25, 0.3) is 5.56 Å². The van der Waals surface area contributed by atoms with Crippen LogP contribution < -0.4 is 5.56 Å². The smallest absolute Gasteiger partial charge is 0.252 e. The van der Waals surface area contributed by atoms with Gasteiger partial charge in [0, 0.05) is 18.0 Å². The summed E-state index contributed by atoms with van der Waals surface area (Å²) in [6.45, 7) is 8.46. The molecule has 3 aromatic rings. The normalized spacial score (nSPS) is 12.4. The summed E-state index contributed by atoms with van der Waals surface area (Å²) in [6, 6.07) is 17.8. The highest BCUT2D eigenvalue weighted by molar-refractivity contribution is 6.35. The van der Waals surface area contributed by atoms with Crippen LogP contribution in [0.5, 0.6) is 0 Å². The number of halogens is 1. The molecular weight excluding hydrogens is 354 g/mol. The van der Waals surface area contributed by atoms with Crippen LogP contribution in [0.1, 0.15) is 25.0 Å². The predicted molar refractivity (Wildman–Crippen MR) is 117 cm³/mol. The monoisotopic (exact) mass is 375 g/mol. The molecule has 27 heavy (non-hydrogen) atoms. The van der Waals surface area contributed by atoms with Gasteiger partial charge in [-0.15, -0.1) is 0 Å². The molecule has 1 heterocycles. The number of hydrogen-bond acceptors (Lipinski definition) is 1. The van der Waals surface area contributed by atoms with Crippen LogP contribution in [0.3, 0.4) is 0 Å². The predicted octanol–water partition coefficient (Wildman–Crippen LogP) is 6.35. The quantitative estimate of drug-likeness (QED) is 0.376. The van der Waals surface area contributed by atoms with Gasteiger partial charge in [-0.2, -0.15) is 0 Å². The second-order valence-corrected chi connectivity index (χ2v) is 6.71. The van der Waals surface area contributed by atoms with Crippen LogP contribution in [0.15, 0.2) is 84.2 Å². The van der Waals surface area contributed by atoms with Crippen LogP contribution in [0.2, 0.25) is 5.02 Å². The molecule has 0 N–H and O–H groups in total. The lowest BCUT2D eigenvalue weighted by Crippen LogP contribution is -2.18. The van der Waals surface area contributed by atoms with Gasteiger partial charge in [0.15, 0.2) is 0 Å². The molecule has 2 aromatic carbocycles. The van der Waals surface area contributed by atoms with E-state index in [1.165, 1.54) is 6.07 Å². The summed E-state index contributed by atoms with van der Waals surface area (Å²) in [5.74, 6) is 0. The van der Waals surface area contributed by atoms with E-state index in [0.29, 0.717) is 11.6 Å². The van der Waals surface area contributed by atoms with Crippen LogP contribution in [-0.4, -0.2) is 4.57 Å². The van der Waals surface area contributed by atoms with E-state index in [0.717, 1.165) is 33.2 Å². The molecule has 0 saturated heterocycles. The molecule has 3 rings (SSSR count). The van der Waals surface area contributed by atoms with E-state index in [9.17, 15) is 4.79 Å². The minimum Gasteiger partial charge on any atom is -0.308 e. The van der Waals surface area contributed by atoms with Crippen molar-refractivity contribution in [3.05, 3.63) is 106 Å². The molecule has 0 saturated carbocycles. The second-order valence-electron chi connectivity index (χ2n) is 6.31. The maximum absolute atomic E-state index is 12.2. The molecule has 1 aromatic heterocycles. The highest BCUT2D eigenvalue weighted by Crippen LogP contribution is 2.31. The molecule has 0 aliphatic carbocycles. The van der Waals surface area contributed by atoms with E-state index >= 15 is 0 Å². The van der Waals surface area contributed by atoms with E-state index in [4.69, 9.17) is 11.6 Å². The average Bonchev–Trinajstić information content (AvgIpc) is 2.69. The molecule has 0 aliphatic rings. The van der Waals surface area contributed by atoms with Gasteiger partial charge < -0.3 is 4.57 Å². The molecular formula is C24H22ClNO. The molecule has 0 radical (unpaired) electrons. The molecule has 0 unspecified atom stereocenters. The van der Waals surface area contributed by atoms with Crippen molar-refractivity contribution < 1.29 is 0 Å². The first-order valence-corrected chi connectivity index (χ1v) is 9.33. The number of rotatable bonds is 5. The Kier molecular flexibility index (Phi) is 5.78. The van der Waals surface area contributed by atoms with E-state index in [1.807, 2.05) is 43.3 Å². The maximum atomic E-state index is 12.2. The van der Waals surface area contributed by atoms with Crippen molar-refractivity contribution in [2.45, 2.75) is 20.4 Å². The minimum absolute atomic E-state index is 0.0782. The fourth-order valence-corrected chi connectivity index (χ4v) is 3.53. The van der Waals surface area contributed by atoms with Gasteiger partial charge in [-0.3, -0.25) is 4.79 Å². The fourth-order valence-electron chi connectivity index (χ4n) is 3.28. The summed E-state index contributed by atoms with van der Waals surface area (Å²) in [5.41, 5.74) is 5.23. The molecule has 0 spiro atoms. The Morgan fingerprint density at radius 1 is 1.11 bits per heavy atom. The summed E-state index contributed by atoms with van der Waals surface area (Å²) in [5, 5.41) is 1.35. The number of allylic oxidation sites excluding steroid dienone is 5. The Hall–Kier alpha value is -2.84. The maximum Gasteiger partial charge on any atom is 0.252 e. The molecule has 0 aliphatic heterocycles. The largest absolute Gasteiger partial charge is 0.308 e. The SMILES string of the molecule is C=C/C=C\C(=C(/C)c1ccccc1)c1ccc2c(c1)c(Cl)cc(=O)n2CC. The summed E-state index contributed by atoms with van der Waals surface area (Å²) in [7, 11) is 0. The van der Waals surface area contributed by atoms with Gasteiger partial charge in [0.05, 0.1) is 10.5 Å². The number of benzene rings is 2. The van der Waals surface area contributed by atoms with Crippen molar-refractivity contribution in [2.24, 2.45) is 0 Å². The zero-order valence-electron chi connectivity index (χ0n) is 15.6. The number of hydrogen-bond donors (Lipinski definition) is 0. The van der Waals surface area contributed by atoms with Gasteiger partial charge in [0.2, 0.25) is 0 Å². The molecule has 0 bridgehead atoms. The number of aryl methyl sites for hydroxylation is 1. The molecule has 136 valence electrons. The summed E-state index contributed by atoms with van der Waals surface area (Å²) in [4.78, 5) is 12.2. The van der Waals surface area contributed by atoms with Crippen LogP contribution in [0.25, 0.3) is 22.0 Å². The lowest BCUT2D eigenvalue weighted by Gasteiger charge is -2.13. The lowest BCUT2D eigenvalue weighted by molar-refractivity contribution is 0.760. The first kappa shape index (κ1) is 18.9. The molecule has 0 fully saturated rings. The highest BCUT2D eigenvalue weighted by Gasteiger charge is 2.11. The van der Waals surface area contributed by atoms with Crippen molar-refractivity contribution >= 4 is 33.7 Å². The van der Waals surface area contributed by atoms with E-state index < -0.39 is 0 Å². The zero-order valence-corrected chi connectivity index (χ0v) is 16.3. The first-order valence-electron chi connectivity index (χ1n) is 8.95. The zero-order chi connectivity index (χ0) is 19.4. The topological polar surface area (TPSA) is 22.0 Å². The Bertz CT molecular complexity index is 1100. The van der Waals surface area contributed by atoms with Crippen molar-refractivity contribution in [3.8, 4) is 0 Å². The molecule has 3 heteroatoms. The van der Waals surface area contributed by atoms with Gasteiger partial charge in [-0.25, -0.2) is 0 Å². The highest BCUT2D eigenvalue weighted by atomic mass is 35.5. The van der Waals surface area contributed by atoms with Crippen LogP contribution in [-0.2, 0) is 6.54 Å². The van der Waals surface area contributed by atoms with Crippen molar-refractivity contribution in [1.29, 1.82) is 0 Å². The molecule has 2 nitrogen and oxygen atoms in total. The Labute approximate surface area is 164 Å². The third-order valence-corrected chi connectivity index (χ3v) is 5.01. The third-order valence-electron chi connectivity index (χ3n) is 4.70. The van der Waals surface area contributed by atoms with Gasteiger partial charge in [-0.1, -0.05) is 72.8 Å². The summed E-state index contributed by atoms with van der Waals surface area (Å²) in [6.07, 6.45) is 5.75. The van der Waals surface area contributed by atoms with Crippen molar-refractivity contribution in [2.75, 3.05) is 0 Å². The van der Waals surface area contributed by atoms with Crippen LogP contribution in [0.4, 0.5) is 0 Å². The number of pyridine rings is 1. The standard InChI is InChI=1S/C24H22ClNO/c1-4-6-12-20(17(3)18-10-8-7-9-11-18)19-13-14-23-21(15-19)22(25)16-24(27)26(23)5-2/h4,6-16H,1,5H2,2-3H3/b12-6-,20-17-. The Morgan fingerprint density at radius 2 is 1.85 bits per heavy atom. The first-order chi connectivity index (χ1) is 13.1. The summed E-state index contributed by atoms with van der Waals surface area (Å²) < 4.78 is 1.73. The Morgan fingerprint density at radius 3 is 2.52 bits per heavy atom. The van der Waals surface area contributed by atoms with Crippen LogP contribution in [0, 0.1) is 0 Å². The molecule has 0 amide bonds. The van der Waals surface area contributed by atoms with Gasteiger partial charge in [-0.05, 0) is 48.3 Å². The van der Waals surface area contributed by atoms with E-state index in [2.05, 4.69) is 37.8 Å². The van der Waals surface area contributed by atoms with Crippen molar-refractivity contribution in [1.82, 2.24) is 4.57 Å². The fraction of sp³-hybridized carbons (Fsp3) is 0.125. The summed E-state index contributed by atoms with van der Waals surface area (Å²) >= 11 is 6.41. The van der Waals surface area contributed by atoms with Crippen LogP contribution >= 0.6 is 11.6 Å². The number of fused-ring (bicyclic) bond motifs is 1. The second kappa shape index (κ2) is 8.24. The van der Waals surface area contributed by atoms with Crippen molar-refractivity contribution in [3.63, 3.8) is 0 Å².